The highest BCUT2D eigenvalue weighted by Gasteiger charge is 2.12. The molecule has 1 aromatic heterocycles. The van der Waals surface area contributed by atoms with Crippen molar-refractivity contribution in [2.45, 2.75) is 12.8 Å². The second-order valence-corrected chi connectivity index (χ2v) is 6.64. The normalized spacial score (nSPS) is 13.7. The molecule has 0 unspecified atom stereocenters. The maximum Gasteiger partial charge on any atom is 0.229 e. The molecule has 0 saturated carbocycles. The number of benzene rings is 2. The van der Waals surface area contributed by atoms with Gasteiger partial charge in [-0.1, -0.05) is 23.7 Å². The fraction of sp³-hybridized carbons (Fsp3) is 0.200. The molecule has 26 heavy (non-hydrogen) atoms. The van der Waals surface area contributed by atoms with Crippen molar-refractivity contribution in [1.29, 1.82) is 0 Å². The Balaban J connectivity index is 1.46. The maximum absolute atomic E-state index is 6.19. The first kappa shape index (κ1) is 16.7. The Hall–Kier alpha value is -2.79. The lowest BCUT2D eigenvalue weighted by molar-refractivity contribution is 0.949. The first-order valence-electron chi connectivity index (χ1n) is 8.74. The number of halogens is 1. The van der Waals surface area contributed by atoms with Crippen LogP contribution < -0.4 is 15.5 Å². The highest BCUT2D eigenvalue weighted by Crippen LogP contribution is 2.25. The summed E-state index contributed by atoms with van der Waals surface area (Å²) < 4.78 is 0. The van der Waals surface area contributed by atoms with Crippen molar-refractivity contribution >= 4 is 40.4 Å². The van der Waals surface area contributed by atoms with Crippen molar-refractivity contribution in [1.82, 2.24) is 9.97 Å². The van der Waals surface area contributed by atoms with E-state index >= 15 is 0 Å². The third kappa shape index (κ3) is 3.89. The monoisotopic (exact) mass is 365 g/mol. The third-order valence-electron chi connectivity index (χ3n) is 4.39. The first-order chi connectivity index (χ1) is 12.8. The van der Waals surface area contributed by atoms with Crippen LogP contribution in [0.2, 0.25) is 5.02 Å². The molecule has 0 atom stereocenters. The smallest absolute Gasteiger partial charge is 0.229 e. The van der Waals surface area contributed by atoms with E-state index in [1.165, 1.54) is 18.5 Å². The summed E-state index contributed by atoms with van der Waals surface area (Å²) in [4.78, 5) is 11.2. The predicted octanol–water partition coefficient (Wildman–Crippen LogP) is 5.22. The highest BCUT2D eigenvalue weighted by atomic mass is 35.5. The molecule has 0 bridgehead atoms. The number of aromatic nitrogens is 2. The van der Waals surface area contributed by atoms with Crippen LogP contribution in [-0.4, -0.2) is 23.1 Å². The molecule has 0 spiro atoms. The average molecular weight is 366 g/mol. The van der Waals surface area contributed by atoms with Gasteiger partial charge in [0.2, 0.25) is 5.95 Å². The van der Waals surface area contributed by atoms with E-state index < -0.39 is 0 Å². The molecule has 3 aromatic rings. The standard InChI is InChI=1S/C20H20ClN5/c21-17-5-1-2-6-18(17)24-19-11-12-22-20(25-19)23-15-7-9-16(10-8-15)26-13-3-4-14-26/h1-2,5-12H,3-4,13-14H2,(H2,22,23,24,25). The van der Waals surface area contributed by atoms with Gasteiger partial charge in [-0.25, -0.2) is 4.98 Å². The van der Waals surface area contributed by atoms with E-state index in [-0.39, 0.29) is 0 Å². The molecule has 1 fully saturated rings. The number of anilines is 5. The summed E-state index contributed by atoms with van der Waals surface area (Å²) in [7, 11) is 0. The van der Waals surface area contributed by atoms with Crippen molar-refractivity contribution in [3.8, 4) is 0 Å². The van der Waals surface area contributed by atoms with Crippen molar-refractivity contribution in [3.63, 3.8) is 0 Å². The zero-order valence-corrected chi connectivity index (χ0v) is 15.1. The number of nitrogens with zero attached hydrogens (tertiary/aromatic N) is 3. The zero-order valence-electron chi connectivity index (χ0n) is 14.3. The molecule has 0 aliphatic carbocycles. The van der Waals surface area contributed by atoms with Crippen LogP contribution in [0.4, 0.5) is 28.8 Å². The van der Waals surface area contributed by atoms with E-state index in [1.54, 1.807) is 6.20 Å². The number of nitrogens with one attached hydrogen (secondary N) is 2. The summed E-state index contributed by atoms with van der Waals surface area (Å²) in [5.74, 6) is 1.22. The van der Waals surface area contributed by atoms with E-state index in [2.05, 4.69) is 49.8 Å². The highest BCUT2D eigenvalue weighted by molar-refractivity contribution is 6.33. The Labute approximate surface area is 158 Å². The number of hydrogen-bond donors (Lipinski definition) is 2. The Kier molecular flexibility index (Phi) is 4.88. The summed E-state index contributed by atoms with van der Waals surface area (Å²) in [6.07, 6.45) is 4.27. The topological polar surface area (TPSA) is 53.1 Å². The van der Waals surface area contributed by atoms with E-state index in [0.717, 1.165) is 24.5 Å². The molecule has 0 amide bonds. The number of para-hydroxylation sites is 1. The van der Waals surface area contributed by atoms with E-state index in [1.807, 2.05) is 30.3 Å². The Morgan fingerprint density at radius 2 is 1.65 bits per heavy atom. The second-order valence-electron chi connectivity index (χ2n) is 6.24. The zero-order chi connectivity index (χ0) is 17.8. The van der Waals surface area contributed by atoms with Gasteiger partial charge in [-0.2, -0.15) is 4.98 Å². The minimum atomic E-state index is 0.538. The molecule has 2 heterocycles. The summed E-state index contributed by atoms with van der Waals surface area (Å²) in [5.41, 5.74) is 3.04. The summed E-state index contributed by atoms with van der Waals surface area (Å²) in [6, 6.07) is 17.8. The average Bonchev–Trinajstić information content (AvgIpc) is 3.19. The molecule has 0 radical (unpaired) electrons. The molecule has 1 saturated heterocycles. The first-order valence-corrected chi connectivity index (χ1v) is 9.12. The lowest BCUT2D eigenvalue weighted by Gasteiger charge is -2.17. The van der Waals surface area contributed by atoms with E-state index in [0.29, 0.717) is 16.8 Å². The van der Waals surface area contributed by atoms with E-state index in [9.17, 15) is 0 Å². The summed E-state index contributed by atoms with van der Waals surface area (Å²) in [5, 5.41) is 7.11. The largest absolute Gasteiger partial charge is 0.372 e. The fourth-order valence-electron chi connectivity index (χ4n) is 3.05. The van der Waals surface area contributed by atoms with Crippen LogP contribution in [0.25, 0.3) is 0 Å². The molecule has 2 N–H and O–H groups in total. The Bertz CT molecular complexity index is 875. The molecule has 2 aromatic carbocycles. The molecule has 132 valence electrons. The lowest BCUT2D eigenvalue weighted by Crippen LogP contribution is -2.17. The quantitative estimate of drug-likeness (QED) is 0.649. The van der Waals surface area contributed by atoms with Crippen molar-refractivity contribution in [3.05, 3.63) is 65.8 Å². The van der Waals surface area contributed by atoms with Crippen LogP contribution in [0.1, 0.15) is 12.8 Å². The molecule has 1 aliphatic heterocycles. The SMILES string of the molecule is Clc1ccccc1Nc1ccnc(Nc2ccc(N3CCCC3)cc2)n1. The molecule has 4 rings (SSSR count). The molecular weight excluding hydrogens is 346 g/mol. The lowest BCUT2D eigenvalue weighted by atomic mass is 10.2. The van der Waals surface area contributed by atoms with E-state index in [4.69, 9.17) is 11.6 Å². The summed E-state index contributed by atoms with van der Waals surface area (Å²) >= 11 is 6.19. The van der Waals surface area contributed by atoms with Gasteiger partial charge in [0, 0.05) is 30.7 Å². The van der Waals surface area contributed by atoms with Crippen LogP contribution in [-0.2, 0) is 0 Å². The maximum atomic E-state index is 6.19. The van der Waals surface area contributed by atoms with Gasteiger partial charge < -0.3 is 15.5 Å². The van der Waals surface area contributed by atoms with Crippen molar-refractivity contribution < 1.29 is 0 Å². The minimum absolute atomic E-state index is 0.538. The van der Waals surface area contributed by atoms with Crippen molar-refractivity contribution in [2.75, 3.05) is 28.6 Å². The van der Waals surface area contributed by atoms with Gasteiger partial charge in [0.25, 0.3) is 0 Å². The molecule has 6 heteroatoms. The number of hydrogen-bond acceptors (Lipinski definition) is 5. The van der Waals surface area contributed by atoms with Crippen LogP contribution >= 0.6 is 11.6 Å². The molecule has 5 nitrogen and oxygen atoms in total. The van der Waals surface area contributed by atoms with Crippen LogP contribution in [0, 0.1) is 0 Å². The van der Waals surface area contributed by atoms with Crippen LogP contribution in [0.3, 0.4) is 0 Å². The Morgan fingerprint density at radius 3 is 2.42 bits per heavy atom. The van der Waals surface area contributed by atoms with Gasteiger partial charge >= 0.3 is 0 Å². The number of rotatable bonds is 5. The fourth-order valence-corrected chi connectivity index (χ4v) is 3.23. The second kappa shape index (κ2) is 7.62. The molecule has 1 aliphatic rings. The van der Waals surface area contributed by atoms with Crippen molar-refractivity contribution in [2.24, 2.45) is 0 Å². The van der Waals surface area contributed by atoms with Gasteiger partial charge in [0.15, 0.2) is 0 Å². The Morgan fingerprint density at radius 1 is 0.885 bits per heavy atom. The van der Waals surface area contributed by atoms with Gasteiger partial charge in [-0.3, -0.25) is 0 Å². The molecular formula is C20H20ClN5. The van der Waals surface area contributed by atoms with Crippen LogP contribution in [0.5, 0.6) is 0 Å². The minimum Gasteiger partial charge on any atom is -0.372 e. The predicted molar refractivity (Wildman–Crippen MR) is 108 cm³/mol. The van der Waals surface area contributed by atoms with Gasteiger partial charge in [0.05, 0.1) is 10.7 Å². The van der Waals surface area contributed by atoms with Gasteiger partial charge in [0.1, 0.15) is 5.82 Å². The third-order valence-corrected chi connectivity index (χ3v) is 4.72. The summed E-state index contributed by atoms with van der Waals surface area (Å²) in [6.45, 7) is 2.29. The van der Waals surface area contributed by atoms with Gasteiger partial charge in [-0.05, 0) is 55.3 Å². The van der Waals surface area contributed by atoms with Crippen LogP contribution in [0.15, 0.2) is 60.8 Å². The van der Waals surface area contributed by atoms with Gasteiger partial charge in [-0.15, -0.1) is 0 Å².